The number of benzene rings is 1. The molecule has 0 saturated carbocycles. The number of piperazine rings is 1. The summed E-state index contributed by atoms with van der Waals surface area (Å²) in [6.45, 7) is 4.87. The van der Waals surface area contributed by atoms with E-state index < -0.39 is 0 Å². The molecule has 10 heteroatoms. The van der Waals surface area contributed by atoms with Crippen molar-refractivity contribution in [3.63, 3.8) is 0 Å². The first kappa shape index (κ1) is 21.0. The molecule has 2 fully saturated rings. The highest BCUT2D eigenvalue weighted by Crippen LogP contribution is 2.29. The largest absolute Gasteiger partial charge is 0.497 e. The number of rotatable bonds is 6. The number of hydrogen-bond donors (Lipinski definition) is 1. The van der Waals surface area contributed by atoms with Gasteiger partial charge in [-0.1, -0.05) is 0 Å². The van der Waals surface area contributed by atoms with E-state index in [0.29, 0.717) is 23.7 Å². The molecule has 0 spiro atoms. The van der Waals surface area contributed by atoms with E-state index in [-0.39, 0.29) is 17.7 Å². The van der Waals surface area contributed by atoms with Crippen molar-refractivity contribution < 1.29 is 9.47 Å². The number of hydrogen-bond acceptors (Lipinski definition) is 8. The van der Waals surface area contributed by atoms with Gasteiger partial charge in [-0.15, -0.1) is 5.10 Å². The van der Waals surface area contributed by atoms with Crippen molar-refractivity contribution in [2.75, 3.05) is 46.9 Å². The van der Waals surface area contributed by atoms with E-state index in [9.17, 15) is 4.79 Å². The number of tetrazole rings is 1. The van der Waals surface area contributed by atoms with Crippen LogP contribution in [0.1, 0.15) is 30.3 Å². The maximum absolute atomic E-state index is 13.3. The first-order valence-electron chi connectivity index (χ1n) is 11.1. The molecule has 5 rings (SSSR count). The Labute approximate surface area is 186 Å². The lowest BCUT2D eigenvalue weighted by molar-refractivity contribution is 0.0878. The number of methoxy groups -OCH3 is 1. The molecule has 0 bridgehead atoms. The third-order valence-corrected chi connectivity index (χ3v) is 6.48. The molecule has 170 valence electrons. The molecule has 2 saturated heterocycles. The zero-order valence-corrected chi connectivity index (χ0v) is 18.5. The standard InChI is InChI=1S/C22H29N7O3/c1-27-7-9-28(10-8-27)20(21-24-25-26-29(21)14-17-4-3-11-32-17)18-12-15-5-6-16(31-2)13-19(15)23-22(18)30/h5-6,12-13,17,20H,3-4,7-11,14H2,1-2H3,(H,23,30). The number of ether oxygens (including phenoxy) is 2. The number of pyridine rings is 1. The minimum absolute atomic E-state index is 0.104. The molecule has 10 nitrogen and oxygen atoms in total. The van der Waals surface area contributed by atoms with Crippen molar-refractivity contribution in [3.05, 3.63) is 46.0 Å². The molecular weight excluding hydrogens is 410 g/mol. The van der Waals surface area contributed by atoms with Crippen LogP contribution in [0.5, 0.6) is 5.75 Å². The summed E-state index contributed by atoms with van der Waals surface area (Å²) in [5, 5.41) is 13.6. The molecule has 1 N–H and O–H groups in total. The van der Waals surface area contributed by atoms with Crippen LogP contribution in [0.3, 0.4) is 0 Å². The van der Waals surface area contributed by atoms with Crippen LogP contribution in [0.2, 0.25) is 0 Å². The maximum Gasteiger partial charge on any atom is 0.253 e. The number of likely N-dealkylation sites (N-methyl/N-ethyl adjacent to an activating group) is 1. The van der Waals surface area contributed by atoms with Gasteiger partial charge in [0.15, 0.2) is 5.82 Å². The van der Waals surface area contributed by atoms with Crippen molar-refractivity contribution in [2.45, 2.75) is 31.5 Å². The molecule has 32 heavy (non-hydrogen) atoms. The summed E-state index contributed by atoms with van der Waals surface area (Å²) in [6, 6.07) is 7.32. The van der Waals surface area contributed by atoms with Crippen LogP contribution in [-0.2, 0) is 11.3 Å². The smallest absolute Gasteiger partial charge is 0.253 e. The Kier molecular flexibility index (Phi) is 5.90. The maximum atomic E-state index is 13.3. The number of fused-ring (bicyclic) bond motifs is 1. The van der Waals surface area contributed by atoms with E-state index in [4.69, 9.17) is 9.47 Å². The van der Waals surface area contributed by atoms with Gasteiger partial charge in [-0.3, -0.25) is 9.69 Å². The average Bonchev–Trinajstić information content (AvgIpc) is 3.48. The van der Waals surface area contributed by atoms with Gasteiger partial charge in [0.2, 0.25) is 0 Å². The molecule has 0 amide bonds. The SMILES string of the molecule is COc1ccc2cc(C(c3nnnn3CC3CCCO3)N3CCN(C)CC3)c(=O)[nH]c2c1. The van der Waals surface area contributed by atoms with E-state index in [1.54, 1.807) is 7.11 Å². The van der Waals surface area contributed by atoms with E-state index >= 15 is 0 Å². The van der Waals surface area contributed by atoms with Crippen molar-refractivity contribution in [2.24, 2.45) is 0 Å². The molecule has 2 aliphatic heterocycles. The number of nitrogens with zero attached hydrogens (tertiary/aromatic N) is 6. The first-order valence-corrected chi connectivity index (χ1v) is 11.1. The number of nitrogens with one attached hydrogen (secondary N) is 1. The van der Waals surface area contributed by atoms with Crippen LogP contribution in [-0.4, -0.2) is 88.0 Å². The summed E-state index contributed by atoms with van der Waals surface area (Å²) >= 11 is 0. The Balaban J connectivity index is 1.57. The van der Waals surface area contributed by atoms with Gasteiger partial charge in [-0.05, 0) is 53.9 Å². The highest BCUT2D eigenvalue weighted by molar-refractivity contribution is 5.80. The lowest BCUT2D eigenvalue weighted by Crippen LogP contribution is -2.47. The van der Waals surface area contributed by atoms with Gasteiger partial charge in [0.1, 0.15) is 11.8 Å². The second-order valence-corrected chi connectivity index (χ2v) is 8.60. The quantitative estimate of drug-likeness (QED) is 0.608. The van der Waals surface area contributed by atoms with Crippen LogP contribution in [0.25, 0.3) is 10.9 Å². The summed E-state index contributed by atoms with van der Waals surface area (Å²) in [5.74, 6) is 1.39. The topological polar surface area (TPSA) is 101 Å². The lowest BCUT2D eigenvalue weighted by atomic mass is 10.0. The summed E-state index contributed by atoms with van der Waals surface area (Å²) in [4.78, 5) is 20.9. The fourth-order valence-electron chi connectivity index (χ4n) is 4.62. The minimum Gasteiger partial charge on any atom is -0.497 e. The zero-order valence-electron chi connectivity index (χ0n) is 18.5. The number of H-pyrrole nitrogens is 1. The van der Waals surface area contributed by atoms with Crippen LogP contribution < -0.4 is 10.3 Å². The molecule has 4 heterocycles. The van der Waals surface area contributed by atoms with Gasteiger partial charge in [-0.25, -0.2) is 4.68 Å². The third-order valence-electron chi connectivity index (χ3n) is 6.48. The fourth-order valence-corrected chi connectivity index (χ4v) is 4.62. The van der Waals surface area contributed by atoms with Gasteiger partial charge >= 0.3 is 0 Å². The normalized spacial score (nSPS) is 21.2. The summed E-state index contributed by atoms with van der Waals surface area (Å²) in [7, 11) is 3.73. The molecule has 2 aromatic heterocycles. The molecular formula is C22H29N7O3. The zero-order chi connectivity index (χ0) is 22.1. The second-order valence-electron chi connectivity index (χ2n) is 8.60. The van der Waals surface area contributed by atoms with Crippen molar-refractivity contribution in [3.8, 4) is 5.75 Å². The van der Waals surface area contributed by atoms with Gasteiger partial charge in [0.25, 0.3) is 5.56 Å². The highest BCUT2D eigenvalue weighted by Gasteiger charge is 2.33. The average molecular weight is 440 g/mol. The van der Waals surface area contributed by atoms with E-state index in [1.165, 1.54) is 0 Å². The Morgan fingerprint density at radius 1 is 1.25 bits per heavy atom. The highest BCUT2D eigenvalue weighted by atomic mass is 16.5. The number of aromatic amines is 1. The van der Waals surface area contributed by atoms with Gasteiger partial charge < -0.3 is 19.4 Å². The van der Waals surface area contributed by atoms with Crippen LogP contribution in [0.15, 0.2) is 29.1 Å². The molecule has 2 aliphatic rings. The fraction of sp³-hybridized carbons (Fsp3) is 0.545. The van der Waals surface area contributed by atoms with Crippen molar-refractivity contribution >= 4 is 10.9 Å². The van der Waals surface area contributed by atoms with Crippen LogP contribution in [0, 0.1) is 0 Å². The Morgan fingerprint density at radius 2 is 2.09 bits per heavy atom. The van der Waals surface area contributed by atoms with E-state index in [1.807, 2.05) is 28.9 Å². The van der Waals surface area contributed by atoms with Gasteiger partial charge in [-0.2, -0.15) is 0 Å². The summed E-state index contributed by atoms with van der Waals surface area (Å²) < 4.78 is 12.9. The van der Waals surface area contributed by atoms with E-state index in [0.717, 1.165) is 56.5 Å². The monoisotopic (exact) mass is 439 g/mol. The van der Waals surface area contributed by atoms with Crippen molar-refractivity contribution in [1.82, 2.24) is 35.0 Å². The Hall–Kier alpha value is -2.82. The predicted octanol–water partition coefficient (Wildman–Crippen LogP) is 1.04. The van der Waals surface area contributed by atoms with Gasteiger partial charge in [0, 0.05) is 44.4 Å². The molecule has 0 radical (unpaired) electrons. The summed E-state index contributed by atoms with van der Waals surface area (Å²) in [6.07, 6.45) is 2.15. The number of aromatic nitrogens is 5. The minimum atomic E-state index is -0.338. The predicted molar refractivity (Wildman–Crippen MR) is 119 cm³/mol. The van der Waals surface area contributed by atoms with E-state index in [2.05, 4.69) is 37.4 Å². The molecule has 3 aromatic rings. The Morgan fingerprint density at radius 3 is 2.84 bits per heavy atom. The van der Waals surface area contributed by atoms with Crippen LogP contribution >= 0.6 is 0 Å². The lowest BCUT2D eigenvalue weighted by Gasteiger charge is -2.37. The van der Waals surface area contributed by atoms with Crippen LogP contribution in [0.4, 0.5) is 0 Å². The molecule has 2 unspecified atom stereocenters. The first-order chi connectivity index (χ1) is 15.6. The molecule has 0 aliphatic carbocycles. The van der Waals surface area contributed by atoms with Crippen molar-refractivity contribution in [1.29, 1.82) is 0 Å². The van der Waals surface area contributed by atoms with Gasteiger partial charge in [0.05, 0.1) is 25.3 Å². The molecule has 2 atom stereocenters. The summed E-state index contributed by atoms with van der Waals surface area (Å²) in [5.41, 5.74) is 1.26. The second kappa shape index (κ2) is 8.97. The third kappa shape index (κ3) is 4.13. The molecule has 1 aromatic carbocycles. The Bertz CT molecular complexity index is 1130.